The van der Waals surface area contributed by atoms with Gasteiger partial charge in [-0.2, -0.15) is 0 Å². The van der Waals surface area contributed by atoms with Gasteiger partial charge in [-0.15, -0.1) is 0 Å². The average molecular weight is 286 g/mol. The van der Waals surface area contributed by atoms with Crippen LogP contribution in [0.4, 0.5) is 0 Å². The number of aryl methyl sites for hydroxylation is 1. The molecule has 0 aliphatic carbocycles. The highest BCUT2D eigenvalue weighted by molar-refractivity contribution is 6.33. The molecule has 3 nitrogen and oxygen atoms in total. The van der Waals surface area contributed by atoms with Gasteiger partial charge >= 0.3 is 5.97 Å². The second-order valence-corrected chi connectivity index (χ2v) is 4.54. The summed E-state index contributed by atoms with van der Waals surface area (Å²) in [5.41, 5.74) is 1.83. The Morgan fingerprint density at radius 2 is 2.15 bits per heavy atom. The van der Waals surface area contributed by atoms with E-state index in [1.807, 2.05) is 18.2 Å². The Morgan fingerprint density at radius 3 is 2.80 bits per heavy atom. The van der Waals surface area contributed by atoms with Crippen molar-refractivity contribution in [2.45, 2.75) is 12.8 Å². The number of hydrogen-bond acceptors (Lipinski definition) is 2. The quantitative estimate of drug-likeness (QED) is 0.879. The average Bonchev–Trinajstić information content (AvgIpc) is 2.44. The van der Waals surface area contributed by atoms with Crippen LogP contribution in [0.1, 0.15) is 28.0 Å². The van der Waals surface area contributed by atoms with E-state index >= 15 is 0 Å². The van der Waals surface area contributed by atoms with E-state index < -0.39 is 5.97 Å². The maximum absolute atomic E-state index is 10.8. The number of rotatable bonds is 3. The third-order valence-electron chi connectivity index (χ3n) is 2.68. The van der Waals surface area contributed by atoms with Crippen LogP contribution in [0.25, 0.3) is 0 Å². The molecule has 0 aliphatic heterocycles. The summed E-state index contributed by atoms with van der Waals surface area (Å²) in [6.07, 6.45) is 3.09. The molecule has 2 rings (SSSR count). The Morgan fingerprint density at radius 1 is 1.30 bits per heavy atom. The lowest BCUT2D eigenvalue weighted by Crippen LogP contribution is -1.98. The summed E-state index contributed by atoms with van der Waals surface area (Å²) in [6.45, 7) is 0. The molecule has 0 saturated carbocycles. The topological polar surface area (TPSA) is 50.2 Å². The number of aromatic nitrogens is 1. The lowest BCUT2D eigenvalue weighted by molar-refractivity contribution is 0.0697. The van der Waals surface area contributed by atoms with Gasteiger partial charge in [0.05, 0.1) is 10.6 Å². The lowest BCUT2D eigenvalue weighted by Gasteiger charge is -2.02. The Kier molecular flexibility index (Phi) is 4.75. The van der Waals surface area contributed by atoms with Gasteiger partial charge in [-0.25, -0.2) is 9.78 Å². The Balaban J connectivity index is 1.97. The predicted molar refractivity (Wildman–Crippen MR) is 77.8 cm³/mol. The fourth-order valence-electron chi connectivity index (χ4n) is 1.68. The van der Waals surface area contributed by atoms with E-state index in [9.17, 15) is 4.79 Å². The van der Waals surface area contributed by atoms with Crippen LogP contribution in [0, 0.1) is 11.8 Å². The van der Waals surface area contributed by atoms with Crippen molar-refractivity contribution in [1.29, 1.82) is 0 Å². The Labute approximate surface area is 122 Å². The molecule has 1 aromatic heterocycles. The molecule has 1 heterocycles. The minimum absolute atomic E-state index is 0.120. The van der Waals surface area contributed by atoms with Crippen LogP contribution in [0.3, 0.4) is 0 Å². The van der Waals surface area contributed by atoms with Crippen LogP contribution in [0.2, 0.25) is 5.02 Å². The van der Waals surface area contributed by atoms with Crippen molar-refractivity contribution < 1.29 is 9.90 Å². The lowest BCUT2D eigenvalue weighted by atomic mass is 10.1. The maximum atomic E-state index is 10.8. The number of carbonyl (C=O) groups is 1. The zero-order valence-corrected chi connectivity index (χ0v) is 11.4. The first kappa shape index (κ1) is 14.1. The molecule has 0 aliphatic rings. The van der Waals surface area contributed by atoms with Crippen LogP contribution in [-0.4, -0.2) is 16.1 Å². The monoisotopic (exact) mass is 285 g/mol. The van der Waals surface area contributed by atoms with Gasteiger partial charge in [-0.1, -0.05) is 29.7 Å². The molecule has 2 aromatic rings. The molecule has 100 valence electrons. The molecular weight excluding hydrogens is 274 g/mol. The van der Waals surface area contributed by atoms with Crippen LogP contribution < -0.4 is 0 Å². The van der Waals surface area contributed by atoms with Crippen molar-refractivity contribution >= 4 is 17.6 Å². The van der Waals surface area contributed by atoms with Crippen molar-refractivity contribution in [3.63, 3.8) is 0 Å². The molecule has 0 spiro atoms. The van der Waals surface area contributed by atoms with Gasteiger partial charge in [0, 0.05) is 12.6 Å². The highest BCUT2D eigenvalue weighted by Gasteiger charge is 2.08. The first-order valence-corrected chi connectivity index (χ1v) is 6.46. The van der Waals surface area contributed by atoms with Crippen LogP contribution in [0.5, 0.6) is 0 Å². The minimum Gasteiger partial charge on any atom is -0.478 e. The molecule has 0 amide bonds. The molecule has 1 aromatic carbocycles. The number of benzene rings is 1. The van der Waals surface area contributed by atoms with E-state index in [-0.39, 0.29) is 10.6 Å². The molecule has 0 saturated heterocycles. The Hall–Kier alpha value is -2.31. The first-order valence-electron chi connectivity index (χ1n) is 6.08. The largest absolute Gasteiger partial charge is 0.478 e. The molecule has 0 unspecified atom stereocenters. The standard InChI is InChI=1S/C16H12ClNO2/c17-15-11-12(8-9-14(15)16(19)20)5-1-2-6-13-7-3-4-10-18-13/h3-4,7-11H,1,5H2,(H,19,20). The molecule has 0 atom stereocenters. The van der Waals surface area contributed by atoms with Crippen molar-refractivity contribution in [3.05, 3.63) is 64.4 Å². The van der Waals surface area contributed by atoms with Gasteiger partial charge in [0.25, 0.3) is 0 Å². The van der Waals surface area contributed by atoms with E-state index in [2.05, 4.69) is 16.8 Å². The van der Waals surface area contributed by atoms with E-state index in [0.717, 1.165) is 17.7 Å². The summed E-state index contributed by atoms with van der Waals surface area (Å²) in [5.74, 6) is 4.99. The SMILES string of the molecule is O=C(O)c1ccc(CCC#Cc2ccccn2)cc1Cl. The van der Waals surface area contributed by atoms with Crippen LogP contribution in [0.15, 0.2) is 42.6 Å². The number of carboxylic acid groups (broad SMARTS) is 1. The van der Waals surface area contributed by atoms with Crippen LogP contribution in [-0.2, 0) is 6.42 Å². The Bertz CT molecular complexity index is 672. The predicted octanol–water partition coefficient (Wildman–Crippen LogP) is 3.42. The fourth-order valence-corrected chi connectivity index (χ4v) is 1.97. The van der Waals surface area contributed by atoms with Crippen molar-refractivity contribution in [2.75, 3.05) is 0 Å². The summed E-state index contributed by atoms with van der Waals surface area (Å²) in [4.78, 5) is 14.9. The zero-order chi connectivity index (χ0) is 14.4. The number of nitrogens with zero attached hydrogens (tertiary/aromatic N) is 1. The van der Waals surface area contributed by atoms with Gasteiger partial charge in [0.15, 0.2) is 0 Å². The van der Waals surface area contributed by atoms with Crippen molar-refractivity contribution in [1.82, 2.24) is 4.98 Å². The highest BCUT2D eigenvalue weighted by atomic mass is 35.5. The fraction of sp³-hybridized carbons (Fsp3) is 0.125. The summed E-state index contributed by atoms with van der Waals surface area (Å²) >= 11 is 5.91. The number of aromatic carboxylic acids is 1. The zero-order valence-electron chi connectivity index (χ0n) is 10.6. The second-order valence-electron chi connectivity index (χ2n) is 4.14. The molecule has 4 heteroatoms. The number of halogens is 1. The summed E-state index contributed by atoms with van der Waals surface area (Å²) in [5, 5.41) is 9.14. The first-order chi connectivity index (χ1) is 9.66. The van der Waals surface area contributed by atoms with Gasteiger partial charge < -0.3 is 5.11 Å². The summed E-state index contributed by atoms with van der Waals surface area (Å²) in [6, 6.07) is 10.5. The van der Waals surface area contributed by atoms with Crippen molar-refractivity contribution in [3.8, 4) is 11.8 Å². The van der Waals surface area contributed by atoms with Gasteiger partial charge in [0.1, 0.15) is 5.69 Å². The molecule has 20 heavy (non-hydrogen) atoms. The van der Waals surface area contributed by atoms with Crippen molar-refractivity contribution in [2.24, 2.45) is 0 Å². The second kappa shape index (κ2) is 6.74. The number of hydrogen-bond donors (Lipinski definition) is 1. The van der Waals surface area contributed by atoms with E-state index in [1.54, 1.807) is 18.3 Å². The normalized spacial score (nSPS) is 9.65. The summed E-state index contributed by atoms with van der Waals surface area (Å²) in [7, 11) is 0. The maximum Gasteiger partial charge on any atom is 0.337 e. The molecule has 0 radical (unpaired) electrons. The number of carboxylic acids is 1. The van der Waals surface area contributed by atoms with E-state index in [1.165, 1.54) is 6.07 Å². The van der Waals surface area contributed by atoms with Gasteiger partial charge in [0.2, 0.25) is 0 Å². The highest BCUT2D eigenvalue weighted by Crippen LogP contribution is 2.18. The molecule has 0 fully saturated rings. The van der Waals surface area contributed by atoms with Gasteiger partial charge in [-0.3, -0.25) is 0 Å². The van der Waals surface area contributed by atoms with E-state index in [4.69, 9.17) is 16.7 Å². The van der Waals surface area contributed by atoms with E-state index in [0.29, 0.717) is 6.42 Å². The minimum atomic E-state index is -1.02. The molecule has 0 bridgehead atoms. The molecule has 1 N–H and O–H groups in total. The smallest absolute Gasteiger partial charge is 0.337 e. The third-order valence-corrected chi connectivity index (χ3v) is 3.00. The third kappa shape index (κ3) is 3.84. The van der Waals surface area contributed by atoms with Crippen LogP contribution >= 0.6 is 11.6 Å². The number of pyridine rings is 1. The summed E-state index contributed by atoms with van der Waals surface area (Å²) < 4.78 is 0. The molecular formula is C16H12ClNO2. The van der Waals surface area contributed by atoms with Gasteiger partial charge in [-0.05, 0) is 42.2 Å².